The van der Waals surface area contributed by atoms with E-state index < -0.39 is 0 Å². The van der Waals surface area contributed by atoms with E-state index in [0.29, 0.717) is 0 Å². The van der Waals surface area contributed by atoms with Gasteiger partial charge >= 0.3 is 0 Å². The number of nitriles is 1. The van der Waals surface area contributed by atoms with E-state index in [1.807, 2.05) is 12.1 Å². The predicted molar refractivity (Wildman–Crippen MR) is 71.0 cm³/mol. The van der Waals surface area contributed by atoms with E-state index in [1.54, 1.807) is 18.4 Å². The largest absolute Gasteiger partial charge is 0.385 e. The van der Waals surface area contributed by atoms with Crippen LogP contribution in [0.2, 0.25) is 0 Å². The fourth-order valence-corrected chi connectivity index (χ4v) is 2.30. The van der Waals surface area contributed by atoms with Crippen molar-refractivity contribution in [1.29, 1.82) is 5.26 Å². The Morgan fingerprint density at radius 1 is 1.47 bits per heavy atom. The maximum Gasteiger partial charge on any atom is 0.110 e. The monoisotopic (exact) mass is 252 g/mol. The third kappa shape index (κ3) is 5.31. The summed E-state index contributed by atoms with van der Waals surface area (Å²) in [5, 5.41) is 12.2. The van der Waals surface area contributed by atoms with Gasteiger partial charge in [0.15, 0.2) is 0 Å². The first-order valence-corrected chi connectivity index (χ1v) is 6.57. The molecule has 0 unspecified atom stereocenters. The van der Waals surface area contributed by atoms with Crippen LogP contribution in [0.25, 0.3) is 0 Å². The Balaban J connectivity index is 2.29. The van der Waals surface area contributed by atoms with Crippen molar-refractivity contribution in [3.8, 4) is 6.07 Å². The van der Waals surface area contributed by atoms with E-state index in [0.717, 1.165) is 31.0 Å². The molecule has 1 aromatic rings. The molecule has 0 aromatic carbocycles. The van der Waals surface area contributed by atoms with Gasteiger partial charge in [-0.2, -0.15) is 5.26 Å². The zero-order valence-corrected chi connectivity index (χ0v) is 11.6. The quantitative estimate of drug-likeness (QED) is 0.811. The number of nitrogens with zero attached hydrogens (tertiary/aromatic N) is 1. The highest BCUT2D eigenvalue weighted by Crippen LogP contribution is 2.20. The highest BCUT2D eigenvalue weighted by Gasteiger charge is 2.16. The summed E-state index contributed by atoms with van der Waals surface area (Å²) in [7, 11) is 1.73. The number of rotatable bonds is 7. The molecule has 0 amide bonds. The molecule has 1 rings (SSSR count). The van der Waals surface area contributed by atoms with Gasteiger partial charge in [0.2, 0.25) is 0 Å². The maximum absolute atomic E-state index is 8.73. The second-order valence-corrected chi connectivity index (χ2v) is 6.06. The van der Waals surface area contributed by atoms with Gasteiger partial charge in [0.1, 0.15) is 10.9 Å². The van der Waals surface area contributed by atoms with Crippen molar-refractivity contribution in [2.45, 2.75) is 26.8 Å². The first-order chi connectivity index (χ1) is 8.07. The first kappa shape index (κ1) is 14.2. The van der Waals surface area contributed by atoms with Gasteiger partial charge < -0.3 is 10.1 Å². The Kier molecular flexibility index (Phi) is 5.63. The molecule has 0 aliphatic rings. The van der Waals surface area contributed by atoms with Crippen LogP contribution in [-0.4, -0.2) is 20.3 Å². The standard InChI is InChI=1S/C13H20N2OS/c1-13(2,6-7-16-3)10-15-9-12-5-4-11(8-14)17-12/h4-5,15H,6-7,9-10H2,1-3H3. The molecule has 1 heterocycles. The average Bonchev–Trinajstić information content (AvgIpc) is 2.74. The fourth-order valence-electron chi connectivity index (χ4n) is 1.52. The van der Waals surface area contributed by atoms with Crippen LogP contribution in [0.5, 0.6) is 0 Å². The second kappa shape index (κ2) is 6.75. The summed E-state index contributed by atoms with van der Waals surface area (Å²) in [5.41, 5.74) is 0.241. The predicted octanol–water partition coefficient (Wildman–Crippen LogP) is 2.77. The van der Waals surface area contributed by atoms with Gasteiger partial charge in [0, 0.05) is 31.7 Å². The molecule has 3 nitrogen and oxygen atoms in total. The molecule has 0 aliphatic carbocycles. The number of ether oxygens (including phenoxy) is 1. The summed E-state index contributed by atoms with van der Waals surface area (Å²) in [6.07, 6.45) is 1.05. The van der Waals surface area contributed by atoms with Crippen LogP contribution in [0, 0.1) is 16.7 Å². The lowest BCUT2D eigenvalue weighted by Gasteiger charge is -2.24. The number of nitrogens with one attached hydrogen (secondary N) is 1. The smallest absolute Gasteiger partial charge is 0.110 e. The van der Waals surface area contributed by atoms with E-state index >= 15 is 0 Å². The summed E-state index contributed by atoms with van der Waals surface area (Å²) in [4.78, 5) is 1.99. The molecule has 0 aliphatic heterocycles. The Labute approximate surface area is 107 Å². The highest BCUT2D eigenvalue weighted by molar-refractivity contribution is 7.12. The number of hydrogen-bond donors (Lipinski definition) is 1. The van der Waals surface area contributed by atoms with Crippen molar-refractivity contribution in [3.05, 3.63) is 21.9 Å². The van der Waals surface area contributed by atoms with E-state index in [1.165, 1.54) is 4.88 Å². The van der Waals surface area contributed by atoms with Crippen LogP contribution in [0.15, 0.2) is 12.1 Å². The van der Waals surface area contributed by atoms with E-state index in [9.17, 15) is 0 Å². The summed E-state index contributed by atoms with van der Waals surface area (Å²) in [5.74, 6) is 0. The van der Waals surface area contributed by atoms with Gasteiger partial charge in [-0.25, -0.2) is 0 Å². The van der Waals surface area contributed by atoms with Crippen LogP contribution in [0.4, 0.5) is 0 Å². The average molecular weight is 252 g/mol. The molecule has 0 bridgehead atoms. The van der Waals surface area contributed by atoms with Crippen molar-refractivity contribution in [3.63, 3.8) is 0 Å². The molecule has 1 aromatic heterocycles. The molecule has 1 N–H and O–H groups in total. The molecule has 0 atom stereocenters. The number of methoxy groups -OCH3 is 1. The summed E-state index contributed by atoms with van der Waals surface area (Å²) in [6, 6.07) is 6.04. The summed E-state index contributed by atoms with van der Waals surface area (Å²) < 4.78 is 5.10. The van der Waals surface area contributed by atoms with Crippen molar-refractivity contribution in [2.24, 2.45) is 5.41 Å². The number of hydrogen-bond acceptors (Lipinski definition) is 4. The van der Waals surface area contributed by atoms with Crippen molar-refractivity contribution in [2.75, 3.05) is 20.3 Å². The third-order valence-corrected chi connectivity index (χ3v) is 3.65. The number of thiophene rings is 1. The maximum atomic E-state index is 8.73. The summed E-state index contributed by atoms with van der Waals surface area (Å²) >= 11 is 1.55. The van der Waals surface area contributed by atoms with Gasteiger partial charge in [-0.1, -0.05) is 13.8 Å². The lowest BCUT2D eigenvalue weighted by Crippen LogP contribution is -2.29. The SMILES string of the molecule is COCCC(C)(C)CNCc1ccc(C#N)s1. The zero-order chi connectivity index (χ0) is 12.7. The Hall–Kier alpha value is -0.890. The van der Waals surface area contributed by atoms with Crippen LogP contribution in [0.1, 0.15) is 30.0 Å². The molecule has 94 valence electrons. The van der Waals surface area contributed by atoms with Gasteiger partial charge in [-0.3, -0.25) is 0 Å². The third-order valence-electron chi connectivity index (χ3n) is 2.66. The molecular weight excluding hydrogens is 232 g/mol. The van der Waals surface area contributed by atoms with Gasteiger partial charge in [-0.05, 0) is 24.0 Å². The molecule has 0 fully saturated rings. The minimum Gasteiger partial charge on any atom is -0.385 e. The highest BCUT2D eigenvalue weighted by atomic mass is 32.1. The van der Waals surface area contributed by atoms with Crippen LogP contribution in [-0.2, 0) is 11.3 Å². The molecule has 0 saturated heterocycles. The molecular formula is C13H20N2OS. The van der Waals surface area contributed by atoms with Crippen LogP contribution >= 0.6 is 11.3 Å². The van der Waals surface area contributed by atoms with Gasteiger partial charge in [0.25, 0.3) is 0 Å². The van der Waals surface area contributed by atoms with Crippen molar-refractivity contribution < 1.29 is 4.74 Å². The first-order valence-electron chi connectivity index (χ1n) is 5.76. The van der Waals surface area contributed by atoms with Gasteiger partial charge in [-0.15, -0.1) is 11.3 Å². The minimum atomic E-state index is 0.241. The second-order valence-electron chi connectivity index (χ2n) is 4.89. The minimum absolute atomic E-state index is 0.241. The molecule has 0 saturated carbocycles. The molecule has 0 spiro atoms. The lowest BCUT2D eigenvalue weighted by atomic mass is 9.90. The van der Waals surface area contributed by atoms with Gasteiger partial charge in [0.05, 0.1) is 0 Å². The van der Waals surface area contributed by atoms with Crippen LogP contribution < -0.4 is 5.32 Å². The summed E-state index contributed by atoms with van der Waals surface area (Å²) in [6.45, 7) is 7.05. The normalized spacial score (nSPS) is 11.4. The zero-order valence-electron chi connectivity index (χ0n) is 10.7. The van der Waals surface area contributed by atoms with Crippen LogP contribution in [0.3, 0.4) is 0 Å². The topological polar surface area (TPSA) is 45.0 Å². The van der Waals surface area contributed by atoms with Crippen molar-refractivity contribution >= 4 is 11.3 Å². The van der Waals surface area contributed by atoms with E-state index in [4.69, 9.17) is 10.00 Å². The fraction of sp³-hybridized carbons (Fsp3) is 0.615. The molecule has 17 heavy (non-hydrogen) atoms. The Morgan fingerprint density at radius 2 is 2.24 bits per heavy atom. The van der Waals surface area contributed by atoms with E-state index in [2.05, 4.69) is 25.2 Å². The Morgan fingerprint density at radius 3 is 2.82 bits per heavy atom. The molecule has 4 heteroatoms. The Bertz CT molecular complexity index is 379. The molecule has 0 radical (unpaired) electrons. The lowest BCUT2D eigenvalue weighted by molar-refractivity contribution is 0.150. The van der Waals surface area contributed by atoms with E-state index in [-0.39, 0.29) is 5.41 Å². The van der Waals surface area contributed by atoms with Crippen molar-refractivity contribution in [1.82, 2.24) is 5.32 Å².